The van der Waals surface area contributed by atoms with Gasteiger partial charge in [-0.3, -0.25) is 14.7 Å². The highest BCUT2D eigenvalue weighted by molar-refractivity contribution is 5.96. The van der Waals surface area contributed by atoms with Crippen LogP contribution in [0.25, 0.3) is 11.3 Å². The first-order valence-electron chi connectivity index (χ1n) is 9.35. The van der Waals surface area contributed by atoms with Crippen LogP contribution in [0.3, 0.4) is 0 Å². The summed E-state index contributed by atoms with van der Waals surface area (Å²) < 4.78 is 0. The summed E-state index contributed by atoms with van der Waals surface area (Å²) >= 11 is 0. The highest BCUT2D eigenvalue weighted by atomic mass is 16.2. The molecule has 1 unspecified atom stereocenters. The van der Waals surface area contributed by atoms with E-state index in [0.29, 0.717) is 18.7 Å². The van der Waals surface area contributed by atoms with Crippen LogP contribution in [0.5, 0.6) is 0 Å². The Kier molecular flexibility index (Phi) is 7.86. The minimum absolute atomic E-state index is 0.0740. The number of aromatic nitrogens is 2. The molecule has 6 nitrogen and oxygen atoms in total. The molecule has 0 aliphatic rings. The molecule has 3 N–H and O–H groups in total. The number of nitrogens with zero attached hydrogens (tertiary/aromatic N) is 1. The molecule has 2 rings (SSSR count). The summed E-state index contributed by atoms with van der Waals surface area (Å²) in [6.45, 7) is 4.01. The van der Waals surface area contributed by atoms with Crippen molar-refractivity contribution in [1.29, 1.82) is 0 Å². The number of carbonyl (C=O) groups excluding carboxylic acids is 2. The zero-order valence-electron chi connectivity index (χ0n) is 15.5. The fourth-order valence-electron chi connectivity index (χ4n) is 2.70. The second-order valence-electron chi connectivity index (χ2n) is 6.36. The van der Waals surface area contributed by atoms with E-state index < -0.39 is 6.04 Å². The van der Waals surface area contributed by atoms with E-state index >= 15 is 0 Å². The molecule has 1 aromatic heterocycles. The number of anilines is 1. The minimum atomic E-state index is -0.550. The molecule has 1 aromatic carbocycles. The third-order valence-electron chi connectivity index (χ3n) is 4.23. The SMILES string of the molecule is CCCCCCC(=O)NC(CC)C(=O)Nc1cc(-c2ccccc2)[nH]n1. The smallest absolute Gasteiger partial charge is 0.248 e. The van der Waals surface area contributed by atoms with Gasteiger partial charge in [0.2, 0.25) is 11.8 Å². The molecule has 0 saturated carbocycles. The van der Waals surface area contributed by atoms with E-state index in [1.807, 2.05) is 37.3 Å². The van der Waals surface area contributed by atoms with Crippen molar-refractivity contribution in [3.8, 4) is 11.3 Å². The Morgan fingerprint density at radius 1 is 1.12 bits per heavy atom. The molecule has 0 fully saturated rings. The average Bonchev–Trinajstić information content (AvgIpc) is 3.12. The van der Waals surface area contributed by atoms with Gasteiger partial charge >= 0.3 is 0 Å². The van der Waals surface area contributed by atoms with Crippen LogP contribution in [0, 0.1) is 0 Å². The molecule has 2 amide bonds. The first kappa shape index (κ1) is 19.7. The number of H-pyrrole nitrogens is 1. The predicted molar refractivity (Wildman–Crippen MR) is 104 cm³/mol. The maximum absolute atomic E-state index is 12.4. The molecule has 2 aromatic rings. The Balaban J connectivity index is 1.87. The molecule has 140 valence electrons. The van der Waals surface area contributed by atoms with Crippen molar-refractivity contribution in [2.45, 2.75) is 58.4 Å². The van der Waals surface area contributed by atoms with E-state index in [0.717, 1.165) is 36.9 Å². The highest BCUT2D eigenvalue weighted by Crippen LogP contribution is 2.19. The fourth-order valence-corrected chi connectivity index (χ4v) is 2.70. The lowest BCUT2D eigenvalue weighted by molar-refractivity contribution is -0.126. The topological polar surface area (TPSA) is 86.9 Å². The number of unbranched alkanes of at least 4 members (excludes halogenated alkanes) is 3. The van der Waals surface area contributed by atoms with Crippen molar-refractivity contribution in [2.24, 2.45) is 0 Å². The Labute approximate surface area is 154 Å². The lowest BCUT2D eigenvalue weighted by Gasteiger charge is -2.16. The number of benzene rings is 1. The van der Waals surface area contributed by atoms with Crippen molar-refractivity contribution in [1.82, 2.24) is 15.5 Å². The summed E-state index contributed by atoms with van der Waals surface area (Å²) in [6.07, 6.45) is 5.16. The molecule has 0 bridgehead atoms. The molecule has 1 heterocycles. The van der Waals surface area contributed by atoms with E-state index in [-0.39, 0.29) is 11.8 Å². The largest absolute Gasteiger partial charge is 0.344 e. The van der Waals surface area contributed by atoms with Gasteiger partial charge in [-0.25, -0.2) is 0 Å². The first-order valence-corrected chi connectivity index (χ1v) is 9.35. The van der Waals surface area contributed by atoms with Crippen LogP contribution in [-0.2, 0) is 9.59 Å². The maximum Gasteiger partial charge on any atom is 0.248 e. The van der Waals surface area contributed by atoms with Gasteiger partial charge in [0.05, 0.1) is 5.69 Å². The van der Waals surface area contributed by atoms with Crippen LogP contribution in [0.1, 0.15) is 52.4 Å². The van der Waals surface area contributed by atoms with Gasteiger partial charge in [-0.2, -0.15) is 5.10 Å². The van der Waals surface area contributed by atoms with Gasteiger partial charge in [0.25, 0.3) is 0 Å². The van der Waals surface area contributed by atoms with Gasteiger partial charge in [-0.1, -0.05) is 63.4 Å². The Hall–Kier alpha value is -2.63. The van der Waals surface area contributed by atoms with E-state index in [4.69, 9.17) is 0 Å². The lowest BCUT2D eigenvalue weighted by Crippen LogP contribution is -2.43. The van der Waals surface area contributed by atoms with Crippen LogP contribution in [-0.4, -0.2) is 28.1 Å². The quantitative estimate of drug-likeness (QED) is 0.565. The lowest BCUT2D eigenvalue weighted by atomic mass is 10.1. The fraction of sp³-hybridized carbons (Fsp3) is 0.450. The number of aromatic amines is 1. The number of hydrogen-bond acceptors (Lipinski definition) is 3. The van der Waals surface area contributed by atoms with Gasteiger partial charge < -0.3 is 10.6 Å². The number of nitrogens with one attached hydrogen (secondary N) is 3. The van der Waals surface area contributed by atoms with Gasteiger partial charge in [-0.05, 0) is 18.4 Å². The van der Waals surface area contributed by atoms with Crippen LogP contribution >= 0.6 is 0 Å². The summed E-state index contributed by atoms with van der Waals surface area (Å²) in [5.74, 6) is 0.125. The maximum atomic E-state index is 12.4. The summed E-state index contributed by atoms with van der Waals surface area (Å²) in [5.41, 5.74) is 1.82. The third kappa shape index (κ3) is 6.02. The highest BCUT2D eigenvalue weighted by Gasteiger charge is 2.19. The molecule has 6 heteroatoms. The van der Waals surface area contributed by atoms with E-state index in [1.165, 1.54) is 0 Å². The zero-order chi connectivity index (χ0) is 18.8. The Morgan fingerprint density at radius 3 is 2.58 bits per heavy atom. The summed E-state index contributed by atoms with van der Waals surface area (Å²) in [4.78, 5) is 24.4. The summed E-state index contributed by atoms with van der Waals surface area (Å²) in [7, 11) is 0. The van der Waals surface area contributed by atoms with Crippen molar-refractivity contribution in [3.05, 3.63) is 36.4 Å². The minimum Gasteiger partial charge on any atom is -0.344 e. The monoisotopic (exact) mass is 356 g/mol. The van der Waals surface area contributed by atoms with Crippen molar-refractivity contribution in [3.63, 3.8) is 0 Å². The molecule has 0 aliphatic carbocycles. The molecule has 0 radical (unpaired) electrons. The third-order valence-corrected chi connectivity index (χ3v) is 4.23. The summed E-state index contributed by atoms with van der Waals surface area (Å²) in [5, 5.41) is 12.6. The molecule has 0 saturated heterocycles. The van der Waals surface area contributed by atoms with Gasteiger partial charge in [-0.15, -0.1) is 0 Å². The van der Waals surface area contributed by atoms with Crippen LogP contribution < -0.4 is 10.6 Å². The normalized spacial score (nSPS) is 11.8. The number of carbonyl (C=O) groups is 2. The van der Waals surface area contributed by atoms with Crippen molar-refractivity contribution < 1.29 is 9.59 Å². The first-order chi connectivity index (χ1) is 12.6. The molecule has 0 aliphatic heterocycles. The average molecular weight is 356 g/mol. The molecule has 26 heavy (non-hydrogen) atoms. The number of amides is 2. The number of hydrogen-bond donors (Lipinski definition) is 3. The van der Waals surface area contributed by atoms with Crippen LogP contribution in [0.4, 0.5) is 5.82 Å². The van der Waals surface area contributed by atoms with Gasteiger partial charge in [0.15, 0.2) is 5.82 Å². The van der Waals surface area contributed by atoms with Crippen molar-refractivity contribution in [2.75, 3.05) is 5.32 Å². The van der Waals surface area contributed by atoms with Crippen molar-refractivity contribution >= 4 is 17.6 Å². The van der Waals surface area contributed by atoms with Gasteiger partial charge in [0, 0.05) is 12.5 Å². The zero-order valence-corrected chi connectivity index (χ0v) is 15.5. The number of rotatable bonds is 10. The summed E-state index contributed by atoms with van der Waals surface area (Å²) in [6, 6.07) is 11.0. The molecular weight excluding hydrogens is 328 g/mol. The second kappa shape index (κ2) is 10.4. The molecular formula is C20H28N4O2. The van der Waals surface area contributed by atoms with E-state index in [1.54, 1.807) is 6.07 Å². The molecule has 0 spiro atoms. The van der Waals surface area contributed by atoms with E-state index in [2.05, 4.69) is 27.8 Å². The van der Waals surface area contributed by atoms with Crippen LogP contribution in [0.2, 0.25) is 0 Å². The standard InChI is InChI=1S/C20H28N4O2/c1-3-5-6-10-13-19(25)21-16(4-2)20(26)22-18-14-17(23-24-18)15-11-8-7-9-12-15/h7-9,11-12,14,16H,3-6,10,13H2,1-2H3,(H,21,25)(H2,22,23,24,26). The van der Waals surface area contributed by atoms with Gasteiger partial charge in [0.1, 0.15) is 6.04 Å². The Bertz CT molecular complexity index is 697. The Morgan fingerprint density at radius 2 is 1.88 bits per heavy atom. The van der Waals surface area contributed by atoms with E-state index in [9.17, 15) is 9.59 Å². The predicted octanol–water partition coefficient (Wildman–Crippen LogP) is 3.88. The second-order valence-corrected chi connectivity index (χ2v) is 6.36. The molecule has 1 atom stereocenters. The van der Waals surface area contributed by atoms with Crippen LogP contribution in [0.15, 0.2) is 36.4 Å².